The van der Waals surface area contributed by atoms with Gasteiger partial charge in [-0.3, -0.25) is 0 Å². The number of benzene rings is 5. The van der Waals surface area contributed by atoms with Gasteiger partial charge < -0.3 is 0 Å². The molecular formula is C34H24N2. The average molecular weight is 461 g/mol. The summed E-state index contributed by atoms with van der Waals surface area (Å²) in [6.45, 7) is 0. The van der Waals surface area contributed by atoms with Crippen LogP contribution in [-0.4, -0.2) is 9.97 Å². The lowest BCUT2D eigenvalue weighted by atomic mass is 9.98. The van der Waals surface area contributed by atoms with Gasteiger partial charge in [0, 0.05) is 16.7 Å². The summed E-state index contributed by atoms with van der Waals surface area (Å²) in [5, 5.41) is 0. The van der Waals surface area contributed by atoms with Crippen LogP contribution in [0, 0.1) is 0 Å². The van der Waals surface area contributed by atoms with Gasteiger partial charge in [-0.05, 0) is 34.4 Å². The number of hydrogen-bond acceptors (Lipinski definition) is 2. The smallest absolute Gasteiger partial charge is 0.160 e. The predicted octanol–water partition coefficient (Wildman–Crippen LogP) is 8.81. The molecule has 2 nitrogen and oxygen atoms in total. The Balaban J connectivity index is 1.38. The van der Waals surface area contributed by atoms with Gasteiger partial charge >= 0.3 is 0 Å². The topological polar surface area (TPSA) is 25.8 Å². The molecule has 0 aliphatic heterocycles. The second-order valence-corrected chi connectivity index (χ2v) is 8.72. The van der Waals surface area contributed by atoms with Crippen molar-refractivity contribution in [3.63, 3.8) is 0 Å². The van der Waals surface area contributed by atoms with Crippen LogP contribution >= 0.6 is 0 Å². The Labute approximate surface area is 211 Å². The van der Waals surface area contributed by atoms with Crippen molar-refractivity contribution < 1.29 is 0 Å². The van der Waals surface area contributed by atoms with Crippen molar-refractivity contribution in [3.8, 4) is 56.2 Å². The normalized spacial score (nSPS) is 10.8. The molecule has 6 aromatic rings. The Morgan fingerprint density at radius 2 is 0.667 bits per heavy atom. The van der Waals surface area contributed by atoms with Crippen LogP contribution < -0.4 is 0 Å². The summed E-state index contributed by atoms with van der Waals surface area (Å²) in [7, 11) is 0. The lowest BCUT2D eigenvalue weighted by molar-refractivity contribution is 1.18. The van der Waals surface area contributed by atoms with Gasteiger partial charge in [0.25, 0.3) is 0 Å². The highest BCUT2D eigenvalue weighted by atomic mass is 14.9. The molecule has 170 valence electrons. The highest BCUT2D eigenvalue weighted by molar-refractivity contribution is 5.76. The summed E-state index contributed by atoms with van der Waals surface area (Å²) in [6.07, 6.45) is 0. The van der Waals surface area contributed by atoms with Gasteiger partial charge in [0.2, 0.25) is 0 Å². The monoisotopic (exact) mass is 460 g/mol. The summed E-state index contributed by atoms with van der Waals surface area (Å²) in [6, 6.07) is 50.3. The maximum absolute atomic E-state index is 4.94. The molecule has 1 heterocycles. The quantitative estimate of drug-likeness (QED) is 0.257. The molecule has 1 aromatic heterocycles. The van der Waals surface area contributed by atoms with Crippen LogP contribution in [0.4, 0.5) is 0 Å². The zero-order chi connectivity index (χ0) is 24.2. The van der Waals surface area contributed by atoms with E-state index in [4.69, 9.17) is 9.97 Å². The Kier molecular flexibility index (Phi) is 5.91. The average Bonchev–Trinajstić information content (AvgIpc) is 2.98. The van der Waals surface area contributed by atoms with E-state index in [1.54, 1.807) is 0 Å². The van der Waals surface area contributed by atoms with Crippen LogP contribution in [0.1, 0.15) is 0 Å². The van der Waals surface area contributed by atoms with Gasteiger partial charge in [0.15, 0.2) is 5.82 Å². The lowest BCUT2D eigenvalue weighted by Crippen LogP contribution is -1.95. The third-order valence-electron chi connectivity index (χ3n) is 6.31. The van der Waals surface area contributed by atoms with Crippen molar-refractivity contribution in [2.24, 2.45) is 0 Å². The largest absolute Gasteiger partial charge is 0.228 e. The third kappa shape index (κ3) is 4.57. The molecule has 0 fully saturated rings. The fourth-order valence-corrected chi connectivity index (χ4v) is 4.41. The molecule has 0 amide bonds. The predicted molar refractivity (Wildman–Crippen MR) is 149 cm³/mol. The zero-order valence-electron chi connectivity index (χ0n) is 19.8. The van der Waals surface area contributed by atoms with Crippen molar-refractivity contribution in [2.45, 2.75) is 0 Å². The molecule has 0 radical (unpaired) electrons. The van der Waals surface area contributed by atoms with E-state index >= 15 is 0 Å². The third-order valence-corrected chi connectivity index (χ3v) is 6.31. The molecule has 0 atom stereocenters. The number of hydrogen-bond donors (Lipinski definition) is 0. The van der Waals surface area contributed by atoms with Crippen molar-refractivity contribution >= 4 is 0 Å². The Morgan fingerprint density at radius 1 is 0.278 bits per heavy atom. The molecule has 0 spiro atoms. The van der Waals surface area contributed by atoms with E-state index < -0.39 is 0 Å². The molecule has 0 bridgehead atoms. The first-order chi connectivity index (χ1) is 17.8. The minimum absolute atomic E-state index is 0.728. The first kappa shape index (κ1) is 21.7. The molecular weight excluding hydrogens is 436 g/mol. The minimum Gasteiger partial charge on any atom is -0.228 e. The molecule has 5 aromatic carbocycles. The van der Waals surface area contributed by atoms with Crippen molar-refractivity contribution in [1.82, 2.24) is 9.97 Å². The fourth-order valence-electron chi connectivity index (χ4n) is 4.41. The summed E-state index contributed by atoms with van der Waals surface area (Å²) in [5.74, 6) is 0.728. The Morgan fingerprint density at radius 3 is 1.22 bits per heavy atom. The van der Waals surface area contributed by atoms with Crippen molar-refractivity contribution in [2.75, 3.05) is 0 Å². The van der Waals surface area contributed by atoms with E-state index in [0.29, 0.717) is 0 Å². The van der Waals surface area contributed by atoms with E-state index in [9.17, 15) is 0 Å². The minimum atomic E-state index is 0.728. The number of rotatable bonds is 5. The SMILES string of the molecule is c1ccc(-c2cccc(-c3ccc(-c4cc(-c5ccccc5)nc(-c5ccccc5)n4)cc3)c2)cc1. The van der Waals surface area contributed by atoms with Gasteiger partial charge in [-0.25, -0.2) is 9.97 Å². The van der Waals surface area contributed by atoms with Crippen LogP contribution in [0.3, 0.4) is 0 Å². The van der Waals surface area contributed by atoms with E-state index in [0.717, 1.165) is 33.9 Å². The summed E-state index contributed by atoms with van der Waals surface area (Å²) in [5.41, 5.74) is 9.78. The summed E-state index contributed by atoms with van der Waals surface area (Å²) in [4.78, 5) is 9.84. The van der Waals surface area contributed by atoms with Crippen LogP contribution in [0.15, 0.2) is 146 Å². The van der Waals surface area contributed by atoms with Crippen molar-refractivity contribution in [1.29, 1.82) is 0 Å². The molecule has 0 aliphatic rings. The standard InChI is InChI=1S/C34H24N2/c1-4-11-25(12-5-1)30-17-10-18-31(23-30)26-19-21-28(22-20-26)33-24-32(27-13-6-2-7-14-27)35-34(36-33)29-15-8-3-9-16-29/h1-24H. The fraction of sp³-hybridized carbons (Fsp3) is 0. The highest BCUT2D eigenvalue weighted by Crippen LogP contribution is 2.30. The van der Waals surface area contributed by atoms with Crippen LogP contribution in [0.25, 0.3) is 56.2 Å². The lowest BCUT2D eigenvalue weighted by Gasteiger charge is -2.10. The number of nitrogens with zero attached hydrogens (tertiary/aromatic N) is 2. The molecule has 0 N–H and O–H groups in total. The van der Waals surface area contributed by atoms with E-state index in [1.807, 2.05) is 42.5 Å². The van der Waals surface area contributed by atoms with E-state index in [1.165, 1.54) is 22.3 Å². The van der Waals surface area contributed by atoms with Gasteiger partial charge in [-0.1, -0.05) is 133 Å². The van der Waals surface area contributed by atoms with Gasteiger partial charge in [-0.15, -0.1) is 0 Å². The van der Waals surface area contributed by atoms with Gasteiger partial charge in [0.1, 0.15) is 0 Å². The maximum atomic E-state index is 4.94. The zero-order valence-corrected chi connectivity index (χ0v) is 19.8. The Hall–Kier alpha value is -4.82. The molecule has 6 rings (SSSR count). The second kappa shape index (κ2) is 9.81. The van der Waals surface area contributed by atoms with E-state index in [2.05, 4.69) is 103 Å². The van der Waals surface area contributed by atoms with Gasteiger partial charge in [0.05, 0.1) is 11.4 Å². The Bertz CT molecular complexity index is 1530. The first-order valence-corrected chi connectivity index (χ1v) is 12.1. The first-order valence-electron chi connectivity index (χ1n) is 12.1. The maximum Gasteiger partial charge on any atom is 0.160 e. The molecule has 0 saturated carbocycles. The van der Waals surface area contributed by atoms with Crippen LogP contribution in [-0.2, 0) is 0 Å². The summed E-state index contributed by atoms with van der Waals surface area (Å²) < 4.78 is 0. The second-order valence-electron chi connectivity index (χ2n) is 8.72. The molecule has 2 heteroatoms. The van der Waals surface area contributed by atoms with Crippen LogP contribution in [0.2, 0.25) is 0 Å². The van der Waals surface area contributed by atoms with Crippen LogP contribution in [0.5, 0.6) is 0 Å². The van der Waals surface area contributed by atoms with E-state index in [-0.39, 0.29) is 0 Å². The van der Waals surface area contributed by atoms with Crippen molar-refractivity contribution in [3.05, 3.63) is 146 Å². The van der Waals surface area contributed by atoms with Gasteiger partial charge in [-0.2, -0.15) is 0 Å². The molecule has 36 heavy (non-hydrogen) atoms. The molecule has 0 unspecified atom stereocenters. The number of aromatic nitrogens is 2. The molecule has 0 saturated heterocycles. The summed E-state index contributed by atoms with van der Waals surface area (Å²) >= 11 is 0. The highest BCUT2D eigenvalue weighted by Gasteiger charge is 2.11. The molecule has 0 aliphatic carbocycles.